The topological polar surface area (TPSA) is 70.1 Å². The van der Waals surface area contributed by atoms with Gasteiger partial charge in [0.1, 0.15) is 0 Å². The lowest BCUT2D eigenvalue weighted by Crippen LogP contribution is -2.47. The van der Waals surface area contributed by atoms with Crippen molar-refractivity contribution in [1.29, 1.82) is 0 Å². The lowest BCUT2D eigenvalue weighted by molar-refractivity contribution is 0.121. The molecule has 0 atom stereocenters. The molecule has 0 unspecified atom stereocenters. The largest absolute Gasteiger partial charge is 0.299 e. The van der Waals surface area contributed by atoms with Crippen LogP contribution in [0.5, 0.6) is 0 Å². The molecule has 0 radical (unpaired) electrons. The molecule has 1 saturated heterocycles. The van der Waals surface area contributed by atoms with Crippen molar-refractivity contribution in [1.82, 2.24) is 29.8 Å². The van der Waals surface area contributed by atoms with Gasteiger partial charge in [-0.1, -0.05) is 20.8 Å². The molecule has 0 aromatic carbocycles. The highest BCUT2D eigenvalue weighted by molar-refractivity contribution is 5.10. The summed E-state index contributed by atoms with van der Waals surface area (Å²) in [6.07, 6.45) is 0. The summed E-state index contributed by atoms with van der Waals surface area (Å²) < 4.78 is 1.61. The molecular weight excluding hydrogens is 328 g/mol. The zero-order valence-corrected chi connectivity index (χ0v) is 16.3. The van der Waals surface area contributed by atoms with Crippen LogP contribution in [0.15, 0.2) is 23.0 Å². The number of hydrogen-bond acceptors (Lipinski definition) is 5. The predicted octanol–water partition coefficient (Wildman–Crippen LogP) is 1.39. The van der Waals surface area contributed by atoms with Crippen LogP contribution in [0.3, 0.4) is 0 Å². The van der Waals surface area contributed by atoms with Gasteiger partial charge in [0.2, 0.25) is 0 Å². The molecule has 7 nitrogen and oxygen atoms in total. The van der Waals surface area contributed by atoms with Crippen LogP contribution in [0, 0.1) is 6.92 Å². The fourth-order valence-corrected chi connectivity index (χ4v) is 3.20. The fourth-order valence-electron chi connectivity index (χ4n) is 3.20. The second-order valence-corrected chi connectivity index (χ2v) is 8.19. The van der Waals surface area contributed by atoms with Crippen molar-refractivity contribution in [2.24, 2.45) is 0 Å². The molecule has 3 rings (SSSR count). The quantitative estimate of drug-likeness (QED) is 0.875. The van der Waals surface area contributed by atoms with Crippen LogP contribution in [0.2, 0.25) is 0 Å². The molecule has 26 heavy (non-hydrogen) atoms. The Labute approximate surface area is 155 Å². The summed E-state index contributed by atoms with van der Waals surface area (Å²) in [6, 6.07) is 5.58. The number of aromatic amines is 1. The number of rotatable bonds is 5. The van der Waals surface area contributed by atoms with Crippen molar-refractivity contribution >= 4 is 0 Å². The third kappa shape index (κ3) is 4.80. The van der Waals surface area contributed by atoms with E-state index in [0.29, 0.717) is 6.54 Å². The van der Waals surface area contributed by atoms with E-state index >= 15 is 0 Å². The second-order valence-electron chi connectivity index (χ2n) is 8.19. The van der Waals surface area contributed by atoms with E-state index in [2.05, 4.69) is 51.9 Å². The molecular formula is C19H30N6O. The molecule has 2 aromatic heterocycles. The zero-order chi connectivity index (χ0) is 18.7. The summed E-state index contributed by atoms with van der Waals surface area (Å²) in [6.45, 7) is 14.8. The number of aromatic nitrogens is 4. The molecule has 1 aliphatic heterocycles. The van der Waals surface area contributed by atoms with Gasteiger partial charge in [-0.15, -0.1) is 0 Å². The lowest BCUT2D eigenvalue weighted by atomic mass is 9.92. The molecule has 0 aliphatic carbocycles. The third-order valence-corrected chi connectivity index (χ3v) is 4.87. The minimum atomic E-state index is -0.0499. The Balaban J connectivity index is 1.50. The van der Waals surface area contributed by atoms with Gasteiger partial charge < -0.3 is 0 Å². The van der Waals surface area contributed by atoms with E-state index in [1.807, 2.05) is 13.0 Å². The van der Waals surface area contributed by atoms with E-state index in [0.717, 1.165) is 56.4 Å². The van der Waals surface area contributed by atoms with E-state index in [-0.39, 0.29) is 11.0 Å². The Hall–Kier alpha value is -1.99. The molecule has 3 heterocycles. The Morgan fingerprint density at radius 2 is 1.77 bits per heavy atom. The van der Waals surface area contributed by atoms with Gasteiger partial charge in [-0.2, -0.15) is 10.2 Å². The highest BCUT2D eigenvalue weighted by atomic mass is 16.1. The minimum Gasteiger partial charge on any atom is -0.299 e. The van der Waals surface area contributed by atoms with Gasteiger partial charge >= 0.3 is 0 Å². The normalized spacial score (nSPS) is 16.9. The molecule has 1 N–H and O–H groups in total. The van der Waals surface area contributed by atoms with E-state index in [9.17, 15) is 4.79 Å². The van der Waals surface area contributed by atoms with Crippen molar-refractivity contribution < 1.29 is 0 Å². The van der Waals surface area contributed by atoms with Gasteiger partial charge in [0.25, 0.3) is 5.56 Å². The highest BCUT2D eigenvalue weighted by Crippen LogP contribution is 2.18. The summed E-state index contributed by atoms with van der Waals surface area (Å²) in [5.74, 6) is 0. The monoisotopic (exact) mass is 358 g/mol. The van der Waals surface area contributed by atoms with E-state index in [1.165, 1.54) is 0 Å². The molecule has 0 saturated carbocycles. The van der Waals surface area contributed by atoms with Crippen molar-refractivity contribution in [2.45, 2.75) is 46.2 Å². The van der Waals surface area contributed by atoms with Crippen molar-refractivity contribution in [3.05, 3.63) is 45.6 Å². The number of aryl methyl sites for hydroxylation is 1. The Morgan fingerprint density at radius 3 is 2.38 bits per heavy atom. The number of piperazine rings is 1. The number of nitrogens with zero attached hydrogens (tertiary/aromatic N) is 5. The molecule has 1 aliphatic rings. The average Bonchev–Trinajstić information content (AvgIpc) is 2.99. The first-order valence-electron chi connectivity index (χ1n) is 9.35. The van der Waals surface area contributed by atoms with Gasteiger partial charge in [-0.3, -0.25) is 19.7 Å². The fraction of sp³-hybridized carbons (Fsp3) is 0.632. The molecule has 142 valence electrons. The molecule has 0 bridgehead atoms. The Morgan fingerprint density at radius 1 is 1.08 bits per heavy atom. The van der Waals surface area contributed by atoms with Gasteiger partial charge in [-0.25, -0.2) is 4.68 Å². The number of nitrogens with one attached hydrogen (secondary N) is 1. The first-order chi connectivity index (χ1) is 12.3. The van der Waals surface area contributed by atoms with Crippen LogP contribution in [0.25, 0.3) is 0 Å². The average molecular weight is 358 g/mol. The molecule has 0 amide bonds. The standard InChI is InChI=1S/C19H30N6O/c1-15-13-16(21-20-15)14-24-9-7-23(8-10-24)11-12-25-18(26)6-5-17(22-25)19(2,3)4/h5-6,13H,7-12,14H2,1-4H3,(H,20,21). The van der Waals surface area contributed by atoms with E-state index < -0.39 is 0 Å². The zero-order valence-electron chi connectivity index (χ0n) is 16.3. The highest BCUT2D eigenvalue weighted by Gasteiger charge is 2.19. The van der Waals surface area contributed by atoms with Crippen LogP contribution >= 0.6 is 0 Å². The maximum absolute atomic E-state index is 12.1. The van der Waals surface area contributed by atoms with Crippen molar-refractivity contribution in [3.63, 3.8) is 0 Å². The van der Waals surface area contributed by atoms with Gasteiger partial charge in [0.15, 0.2) is 0 Å². The van der Waals surface area contributed by atoms with E-state index in [1.54, 1.807) is 10.7 Å². The summed E-state index contributed by atoms with van der Waals surface area (Å²) >= 11 is 0. The van der Waals surface area contributed by atoms with Crippen LogP contribution in [0.1, 0.15) is 37.9 Å². The Bertz CT molecular complexity index is 780. The summed E-state index contributed by atoms with van der Waals surface area (Å²) in [5, 5.41) is 11.9. The van der Waals surface area contributed by atoms with Crippen LogP contribution in [0.4, 0.5) is 0 Å². The first-order valence-corrected chi connectivity index (χ1v) is 9.35. The number of hydrogen-bond donors (Lipinski definition) is 1. The predicted molar refractivity (Wildman–Crippen MR) is 102 cm³/mol. The first kappa shape index (κ1) is 18.8. The van der Waals surface area contributed by atoms with Gasteiger partial charge in [0, 0.05) is 56.4 Å². The Kier molecular flexibility index (Phi) is 5.58. The van der Waals surface area contributed by atoms with Crippen LogP contribution in [-0.4, -0.2) is 62.5 Å². The van der Waals surface area contributed by atoms with Crippen LogP contribution in [-0.2, 0) is 18.5 Å². The van der Waals surface area contributed by atoms with Crippen molar-refractivity contribution in [2.75, 3.05) is 32.7 Å². The second kappa shape index (κ2) is 7.72. The molecule has 0 spiro atoms. The molecule has 7 heteroatoms. The lowest BCUT2D eigenvalue weighted by Gasteiger charge is -2.34. The summed E-state index contributed by atoms with van der Waals surface area (Å²) in [5.41, 5.74) is 3.09. The minimum absolute atomic E-state index is 0.0227. The maximum atomic E-state index is 12.1. The maximum Gasteiger partial charge on any atom is 0.266 e. The van der Waals surface area contributed by atoms with E-state index in [4.69, 9.17) is 0 Å². The molecule has 2 aromatic rings. The van der Waals surface area contributed by atoms with Gasteiger partial charge in [-0.05, 0) is 19.1 Å². The summed E-state index contributed by atoms with van der Waals surface area (Å²) in [7, 11) is 0. The SMILES string of the molecule is Cc1cc(CN2CCN(CCn3nc(C(C)(C)C)ccc3=O)CC2)n[nH]1. The van der Waals surface area contributed by atoms with Crippen LogP contribution < -0.4 is 5.56 Å². The van der Waals surface area contributed by atoms with Gasteiger partial charge in [0.05, 0.1) is 17.9 Å². The smallest absolute Gasteiger partial charge is 0.266 e. The molecule has 1 fully saturated rings. The third-order valence-electron chi connectivity index (χ3n) is 4.87. The number of H-pyrrole nitrogens is 1. The summed E-state index contributed by atoms with van der Waals surface area (Å²) in [4.78, 5) is 16.9. The van der Waals surface area contributed by atoms with Crippen molar-refractivity contribution in [3.8, 4) is 0 Å².